The number of aliphatic carboxylic acids is 1. The Kier molecular flexibility index (Phi) is 11.2. The van der Waals surface area contributed by atoms with Gasteiger partial charge in [-0.25, -0.2) is 0 Å². The minimum Gasteiger partial charge on any atom is -0.480 e. The van der Waals surface area contributed by atoms with Gasteiger partial charge >= 0.3 is 17.9 Å². The Hall–Kier alpha value is -2.24. The first-order valence-electron chi connectivity index (χ1n) is 9.53. The molecule has 11 nitrogen and oxygen atoms in total. The number of carboxylic acid groups (broad SMARTS) is 1. The van der Waals surface area contributed by atoms with E-state index in [0.717, 1.165) is 0 Å². The lowest BCUT2D eigenvalue weighted by Crippen LogP contribution is -2.49. The lowest BCUT2D eigenvalue weighted by Gasteiger charge is -2.33. The molecular weight excluding hydrogens is 384 g/mol. The van der Waals surface area contributed by atoms with E-state index in [-0.39, 0.29) is 37.5 Å². The van der Waals surface area contributed by atoms with Gasteiger partial charge in [0.2, 0.25) is 5.91 Å². The number of carbonyl (C=O) groups excluding carboxylic acids is 3. The summed E-state index contributed by atoms with van der Waals surface area (Å²) in [4.78, 5) is 53.7. The third kappa shape index (κ3) is 10.2. The molecule has 0 aliphatic carbocycles. The van der Waals surface area contributed by atoms with Crippen molar-refractivity contribution in [1.82, 2.24) is 19.6 Å². The smallest absolute Gasteiger partial charge is 0.319 e. The predicted molar refractivity (Wildman–Crippen MR) is 103 cm³/mol. The molecular formula is C18H32N4O7. The number of rotatable bonds is 6. The molecule has 0 atom stereocenters. The van der Waals surface area contributed by atoms with Gasteiger partial charge in [0.05, 0.1) is 33.9 Å². The number of carboxylic acids is 1. The van der Waals surface area contributed by atoms with E-state index in [1.807, 2.05) is 9.80 Å². The van der Waals surface area contributed by atoms with Crippen LogP contribution in [0.5, 0.6) is 0 Å². The van der Waals surface area contributed by atoms with Gasteiger partial charge in [-0.15, -0.1) is 0 Å². The fourth-order valence-corrected chi connectivity index (χ4v) is 3.01. The number of nitrogens with zero attached hydrogens (tertiary/aromatic N) is 4. The van der Waals surface area contributed by atoms with Gasteiger partial charge in [-0.1, -0.05) is 0 Å². The van der Waals surface area contributed by atoms with Crippen molar-refractivity contribution in [3.05, 3.63) is 0 Å². The van der Waals surface area contributed by atoms with Crippen LogP contribution in [0, 0.1) is 0 Å². The molecule has 0 aromatic carbocycles. The summed E-state index contributed by atoms with van der Waals surface area (Å²) < 4.78 is 9.49. The van der Waals surface area contributed by atoms with Gasteiger partial charge in [-0.2, -0.15) is 0 Å². The molecule has 0 aromatic rings. The predicted octanol–water partition coefficient (Wildman–Crippen LogP) is -1.81. The van der Waals surface area contributed by atoms with Crippen molar-refractivity contribution >= 4 is 23.8 Å². The number of hydrogen-bond donors (Lipinski definition) is 1. The second kappa shape index (κ2) is 13.1. The maximum absolute atomic E-state index is 12.0. The highest BCUT2D eigenvalue weighted by Gasteiger charge is 2.21. The van der Waals surface area contributed by atoms with Crippen molar-refractivity contribution in [2.45, 2.75) is 6.92 Å². The van der Waals surface area contributed by atoms with E-state index in [1.54, 1.807) is 9.80 Å². The van der Waals surface area contributed by atoms with Gasteiger partial charge in [0, 0.05) is 59.3 Å². The monoisotopic (exact) mass is 416 g/mol. The molecule has 0 radical (unpaired) electrons. The van der Waals surface area contributed by atoms with Gasteiger partial charge < -0.3 is 19.5 Å². The maximum atomic E-state index is 12.0. The summed E-state index contributed by atoms with van der Waals surface area (Å²) in [5.41, 5.74) is 0. The van der Waals surface area contributed by atoms with Gasteiger partial charge in [0.25, 0.3) is 0 Å². The Morgan fingerprint density at radius 1 is 0.690 bits per heavy atom. The van der Waals surface area contributed by atoms with E-state index in [9.17, 15) is 19.2 Å². The summed E-state index contributed by atoms with van der Waals surface area (Å²) in [6, 6.07) is 0. The van der Waals surface area contributed by atoms with Gasteiger partial charge in [-0.05, 0) is 0 Å². The molecule has 1 heterocycles. The van der Waals surface area contributed by atoms with Crippen LogP contribution in [0.2, 0.25) is 0 Å². The highest BCUT2D eigenvalue weighted by molar-refractivity contribution is 5.73. The summed E-state index contributed by atoms with van der Waals surface area (Å²) >= 11 is 0. The molecule has 1 amide bonds. The fraction of sp³-hybridized carbons (Fsp3) is 0.778. The van der Waals surface area contributed by atoms with Gasteiger partial charge in [0.1, 0.15) is 0 Å². The zero-order valence-corrected chi connectivity index (χ0v) is 17.5. The lowest BCUT2D eigenvalue weighted by atomic mass is 10.3. The molecule has 0 unspecified atom stereocenters. The zero-order chi connectivity index (χ0) is 21.8. The molecule has 1 aliphatic rings. The van der Waals surface area contributed by atoms with Crippen LogP contribution in [0.4, 0.5) is 0 Å². The summed E-state index contributed by atoms with van der Waals surface area (Å²) in [5.74, 6) is -1.82. The largest absolute Gasteiger partial charge is 0.480 e. The molecule has 166 valence electrons. The van der Waals surface area contributed by atoms with Crippen molar-refractivity contribution in [2.24, 2.45) is 0 Å². The topological polar surface area (TPSA) is 120 Å². The van der Waals surface area contributed by atoms with Crippen molar-refractivity contribution in [3.63, 3.8) is 0 Å². The van der Waals surface area contributed by atoms with Crippen LogP contribution in [0.25, 0.3) is 0 Å². The summed E-state index contributed by atoms with van der Waals surface area (Å²) in [6.45, 7) is 4.96. The molecule has 0 bridgehead atoms. The van der Waals surface area contributed by atoms with E-state index >= 15 is 0 Å². The molecule has 0 aromatic heterocycles. The molecule has 1 N–H and O–H groups in total. The molecule has 11 heteroatoms. The lowest BCUT2D eigenvalue weighted by molar-refractivity contribution is -0.144. The van der Waals surface area contributed by atoms with Gasteiger partial charge in [0.15, 0.2) is 0 Å². The molecule has 1 saturated heterocycles. The first-order chi connectivity index (χ1) is 13.7. The second-order valence-corrected chi connectivity index (χ2v) is 6.88. The minimum atomic E-state index is -0.949. The molecule has 0 spiro atoms. The third-order valence-corrected chi connectivity index (χ3v) is 4.80. The zero-order valence-electron chi connectivity index (χ0n) is 17.5. The van der Waals surface area contributed by atoms with E-state index < -0.39 is 5.97 Å². The highest BCUT2D eigenvalue weighted by atomic mass is 16.5. The molecule has 1 aliphatic heterocycles. The van der Waals surface area contributed by atoms with E-state index in [1.165, 1.54) is 21.1 Å². The van der Waals surface area contributed by atoms with Crippen LogP contribution in [0.3, 0.4) is 0 Å². The second-order valence-electron chi connectivity index (χ2n) is 6.88. The average molecular weight is 416 g/mol. The number of carbonyl (C=O) groups is 4. The number of methoxy groups -OCH3 is 2. The Morgan fingerprint density at radius 3 is 1.34 bits per heavy atom. The van der Waals surface area contributed by atoms with Crippen molar-refractivity contribution in [1.29, 1.82) is 0 Å². The van der Waals surface area contributed by atoms with Crippen LogP contribution in [0.15, 0.2) is 0 Å². The van der Waals surface area contributed by atoms with Crippen LogP contribution in [-0.2, 0) is 28.7 Å². The van der Waals surface area contributed by atoms with Crippen molar-refractivity contribution < 1.29 is 33.8 Å². The van der Waals surface area contributed by atoms with E-state index in [2.05, 4.69) is 0 Å². The Balaban J connectivity index is 2.93. The molecule has 1 fully saturated rings. The van der Waals surface area contributed by atoms with E-state index in [4.69, 9.17) is 14.6 Å². The van der Waals surface area contributed by atoms with Crippen LogP contribution in [0.1, 0.15) is 6.92 Å². The van der Waals surface area contributed by atoms with Crippen LogP contribution >= 0.6 is 0 Å². The Bertz CT molecular complexity index is 572. The minimum absolute atomic E-state index is 0.0725. The summed E-state index contributed by atoms with van der Waals surface area (Å²) in [5, 5.41) is 9.16. The van der Waals surface area contributed by atoms with E-state index in [0.29, 0.717) is 52.4 Å². The summed E-state index contributed by atoms with van der Waals surface area (Å²) in [6.07, 6.45) is 0. The average Bonchev–Trinajstić information content (AvgIpc) is 2.66. The molecule has 1 rings (SSSR count). The first kappa shape index (κ1) is 24.8. The quantitative estimate of drug-likeness (QED) is 0.496. The maximum Gasteiger partial charge on any atom is 0.319 e. The van der Waals surface area contributed by atoms with Crippen molar-refractivity contribution in [3.8, 4) is 0 Å². The SMILES string of the molecule is COC(=O)CN1CCN(CC(=O)O)CCN(C(C)=O)CCN(CC(=O)OC)CC1. The number of ether oxygens (including phenoxy) is 2. The molecule has 0 saturated carbocycles. The van der Waals surface area contributed by atoms with Crippen LogP contribution in [-0.4, -0.2) is 135 Å². The fourth-order valence-electron chi connectivity index (χ4n) is 3.01. The van der Waals surface area contributed by atoms with Crippen LogP contribution < -0.4 is 0 Å². The highest BCUT2D eigenvalue weighted by Crippen LogP contribution is 2.02. The summed E-state index contributed by atoms with van der Waals surface area (Å²) in [7, 11) is 2.64. The Labute approximate surface area is 171 Å². The third-order valence-electron chi connectivity index (χ3n) is 4.80. The molecule has 29 heavy (non-hydrogen) atoms. The number of hydrogen-bond acceptors (Lipinski definition) is 9. The standard InChI is InChI=1S/C18H32N4O7/c1-15(23)22-10-8-19(12-16(24)25)4-5-20(13-17(26)28-2)6-7-21(9-11-22)14-18(27)29-3/h4-14H2,1-3H3,(H,24,25). The van der Waals surface area contributed by atoms with Gasteiger partial charge in [-0.3, -0.25) is 33.9 Å². The number of amides is 1. The Morgan fingerprint density at radius 2 is 1.03 bits per heavy atom. The first-order valence-corrected chi connectivity index (χ1v) is 9.53. The normalized spacial score (nSPS) is 18.4. The number of esters is 2. The van der Waals surface area contributed by atoms with Crippen molar-refractivity contribution in [2.75, 3.05) is 86.2 Å².